The fraction of sp³-hybridized carbons (Fsp3) is 0.474. The Labute approximate surface area is 148 Å². The molecule has 0 aliphatic carbocycles. The van der Waals surface area contributed by atoms with Crippen molar-refractivity contribution in [2.24, 2.45) is 0 Å². The van der Waals surface area contributed by atoms with Crippen molar-refractivity contribution in [3.05, 3.63) is 47.2 Å². The number of hydrogen-bond donors (Lipinski definition) is 2. The van der Waals surface area contributed by atoms with Crippen LogP contribution in [0.2, 0.25) is 0 Å². The van der Waals surface area contributed by atoms with Crippen molar-refractivity contribution in [3.63, 3.8) is 0 Å². The van der Waals surface area contributed by atoms with Crippen molar-refractivity contribution < 1.29 is 14.3 Å². The first-order valence-electron chi connectivity index (χ1n) is 8.94. The smallest absolute Gasteiger partial charge is 0.338 e. The van der Waals surface area contributed by atoms with Crippen LogP contribution in [0.15, 0.2) is 41.6 Å². The average Bonchev–Trinajstić information content (AvgIpc) is 2.63. The van der Waals surface area contributed by atoms with Crippen LogP contribution >= 0.6 is 0 Å². The fourth-order valence-corrected chi connectivity index (χ4v) is 3.43. The number of rotatable bonds is 5. The lowest BCUT2D eigenvalue weighted by Crippen LogP contribution is -2.49. The maximum atomic E-state index is 12.7. The third-order valence-electron chi connectivity index (χ3n) is 4.61. The summed E-state index contributed by atoms with van der Waals surface area (Å²) in [6.45, 7) is 4.62. The topological polar surface area (TPSA) is 70.7 Å². The summed E-state index contributed by atoms with van der Waals surface area (Å²) in [5.74, 6) is -0.379. The van der Waals surface area contributed by atoms with Crippen LogP contribution in [-0.4, -0.2) is 43.1 Å². The summed E-state index contributed by atoms with van der Waals surface area (Å²) in [4.78, 5) is 27.1. The average molecular weight is 343 g/mol. The molecule has 2 heterocycles. The zero-order valence-corrected chi connectivity index (χ0v) is 14.6. The summed E-state index contributed by atoms with van der Waals surface area (Å²) in [6.07, 6.45) is 3.54. The van der Waals surface area contributed by atoms with E-state index in [0.717, 1.165) is 31.5 Å². The number of ether oxygens (including phenoxy) is 1. The first kappa shape index (κ1) is 17.5. The van der Waals surface area contributed by atoms with Crippen LogP contribution in [0.5, 0.6) is 0 Å². The Kier molecular flexibility index (Phi) is 5.71. The van der Waals surface area contributed by atoms with E-state index in [4.69, 9.17) is 4.74 Å². The van der Waals surface area contributed by atoms with Gasteiger partial charge in [0.25, 0.3) is 0 Å². The Morgan fingerprint density at radius 1 is 1.20 bits per heavy atom. The van der Waals surface area contributed by atoms with Gasteiger partial charge in [-0.25, -0.2) is 9.59 Å². The molecule has 0 unspecified atom stereocenters. The lowest BCUT2D eigenvalue weighted by molar-refractivity contribution is -0.139. The highest BCUT2D eigenvalue weighted by molar-refractivity contribution is 5.95. The molecule has 0 aromatic heterocycles. The maximum absolute atomic E-state index is 12.7. The van der Waals surface area contributed by atoms with Crippen LogP contribution in [0.3, 0.4) is 0 Å². The van der Waals surface area contributed by atoms with Gasteiger partial charge < -0.3 is 15.4 Å². The zero-order chi connectivity index (χ0) is 17.6. The molecule has 2 aliphatic heterocycles. The minimum absolute atomic E-state index is 0.283. The second-order valence-electron chi connectivity index (χ2n) is 6.39. The molecule has 2 aliphatic rings. The summed E-state index contributed by atoms with van der Waals surface area (Å²) in [5, 5.41) is 5.70. The molecule has 1 fully saturated rings. The standard InChI is InChI=1S/C19H25N3O3/c1-2-25-18(23)16-15(13-22-11-7-4-8-12-22)20-19(24)21-17(16)14-9-5-3-6-10-14/h3,5-6,9-10,17H,2,4,7-8,11-13H2,1H3,(H2,20,21,24)/t17-/m0/s1. The van der Waals surface area contributed by atoms with Gasteiger partial charge in [0, 0.05) is 12.2 Å². The van der Waals surface area contributed by atoms with E-state index < -0.39 is 6.04 Å². The predicted octanol–water partition coefficient (Wildman–Crippen LogP) is 2.34. The number of carbonyl (C=O) groups is 2. The molecule has 0 saturated carbocycles. The van der Waals surface area contributed by atoms with Crippen molar-refractivity contribution in [1.82, 2.24) is 15.5 Å². The molecule has 1 atom stereocenters. The van der Waals surface area contributed by atoms with Gasteiger partial charge in [0.05, 0.1) is 18.2 Å². The van der Waals surface area contributed by atoms with E-state index in [2.05, 4.69) is 15.5 Å². The molecular formula is C19H25N3O3. The minimum Gasteiger partial charge on any atom is -0.463 e. The number of likely N-dealkylation sites (tertiary alicyclic amines) is 1. The first-order valence-corrected chi connectivity index (χ1v) is 8.94. The molecule has 25 heavy (non-hydrogen) atoms. The Morgan fingerprint density at radius 2 is 1.92 bits per heavy atom. The normalized spacial score (nSPS) is 21.5. The highest BCUT2D eigenvalue weighted by Crippen LogP contribution is 2.28. The number of esters is 1. The van der Waals surface area contributed by atoms with Crippen molar-refractivity contribution in [2.75, 3.05) is 26.2 Å². The van der Waals surface area contributed by atoms with Gasteiger partial charge in [-0.2, -0.15) is 0 Å². The Balaban J connectivity index is 1.96. The largest absolute Gasteiger partial charge is 0.463 e. The van der Waals surface area contributed by atoms with E-state index in [-0.39, 0.29) is 12.0 Å². The third kappa shape index (κ3) is 4.20. The van der Waals surface area contributed by atoms with E-state index in [1.807, 2.05) is 30.3 Å². The summed E-state index contributed by atoms with van der Waals surface area (Å²) in [7, 11) is 0. The number of amides is 2. The van der Waals surface area contributed by atoms with Crippen LogP contribution in [0.25, 0.3) is 0 Å². The van der Waals surface area contributed by atoms with Gasteiger partial charge in [0.2, 0.25) is 0 Å². The molecule has 3 rings (SSSR count). The fourth-order valence-electron chi connectivity index (χ4n) is 3.43. The van der Waals surface area contributed by atoms with Crippen molar-refractivity contribution >= 4 is 12.0 Å². The van der Waals surface area contributed by atoms with Crippen LogP contribution in [-0.2, 0) is 9.53 Å². The maximum Gasteiger partial charge on any atom is 0.338 e. The molecule has 2 amide bonds. The van der Waals surface area contributed by atoms with Gasteiger partial charge in [-0.1, -0.05) is 36.8 Å². The second kappa shape index (κ2) is 8.16. The van der Waals surface area contributed by atoms with E-state index in [0.29, 0.717) is 24.4 Å². The molecule has 6 heteroatoms. The molecular weight excluding hydrogens is 318 g/mol. The highest BCUT2D eigenvalue weighted by Gasteiger charge is 2.34. The van der Waals surface area contributed by atoms with Crippen molar-refractivity contribution in [1.29, 1.82) is 0 Å². The lowest BCUT2D eigenvalue weighted by Gasteiger charge is -2.33. The van der Waals surface area contributed by atoms with Gasteiger partial charge >= 0.3 is 12.0 Å². The molecule has 1 saturated heterocycles. The van der Waals surface area contributed by atoms with Gasteiger partial charge in [-0.05, 0) is 38.4 Å². The van der Waals surface area contributed by atoms with Crippen LogP contribution < -0.4 is 10.6 Å². The molecule has 0 radical (unpaired) electrons. The number of piperidine rings is 1. The summed E-state index contributed by atoms with van der Waals surface area (Å²) in [5.41, 5.74) is 2.02. The van der Waals surface area contributed by atoms with Crippen molar-refractivity contribution in [3.8, 4) is 0 Å². The highest BCUT2D eigenvalue weighted by atomic mass is 16.5. The summed E-state index contributed by atoms with van der Waals surface area (Å²) in [6, 6.07) is 8.76. The summed E-state index contributed by atoms with van der Waals surface area (Å²) < 4.78 is 5.28. The molecule has 2 N–H and O–H groups in total. The molecule has 6 nitrogen and oxygen atoms in total. The summed E-state index contributed by atoms with van der Waals surface area (Å²) >= 11 is 0. The number of urea groups is 1. The van der Waals surface area contributed by atoms with E-state index in [9.17, 15) is 9.59 Å². The lowest BCUT2D eigenvalue weighted by atomic mass is 9.95. The second-order valence-corrected chi connectivity index (χ2v) is 6.39. The van der Waals surface area contributed by atoms with Gasteiger partial charge in [0.15, 0.2) is 0 Å². The molecule has 0 bridgehead atoms. The van der Waals surface area contributed by atoms with Crippen LogP contribution in [0.4, 0.5) is 4.79 Å². The molecule has 1 aromatic rings. The number of hydrogen-bond acceptors (Lipinski definition) is 4. The molecule has 1 aromatic carbocycles. The molecule has 134 valence electrons. The molecule has 0 spiro atoms. The Bertz CT molecular complexity index is 651. The minimum atomic E-state index is -0.492. The van der Waals surface area contributed by atoms with Crippen molar-refractivity contribution in [2.45, 2.75) is 32.2 Å². The number of carbonyl (C=O) groups excluding carboxylic acids is 2. The van der Waals surface area contributed by atoms with E-state index in [1.54, 1.807) is 6.92 Å². The quantitative estimate of drug-likeness (QED) is 0.805. The van der Waals surface area contributed by atoms with Crippen LogP contribution in [0, 0.1) is 0 Å². The van der Waals surface area contributed by atoms with Gasteiger partial charge in [-0.3, -0.25) is 4.90 Å². The third-order valence-corrected chi connectivity index (χ3v) is 4.61. The Morgan fingerprint density at radius 3 is 2.60 bits per heavy atom. The zero-order valence-electron chi connectivity index (χ0n) is 14.6. The Hall–Kier alpha value is -2.34. The number of nitrogens with zero attached hydrogens (tertiary/aromatic N) is 1. The first-order chi connectivity index (χ1) is 12.2. The monoisotopic (exact) mass is 343 g/mol. The van der Waals surface area contributed by atoms with Gasteiger partial charge in [0.1, 0.15) is 0 Å². The van der Waals surface area contributed by atoms with Gasteiger partial charge in [-0.15, -0.1) is 0 Å². The SMILES string of the molecule is CCOC(=O)C1=C(CN2CCCCC2)NC(=O)N[C@H]1c1ccccc1. The predicted molar refractivity (Wildman–Crippen MR) is 94.8 cm³/mol. The number of benzene rings is 1. The number of nitrogens with one attached hydrogen (secondary N) is 2. The van der Waals surface area contributed by atoms with E-state index >= 15 is 0 Å². The van der Waals surface area contributed by atoms with Crippen LogP contribution in [0.1, 0.15) is 37.8 Å². The van der Waals surface area contributed by atoms with E-state index in [1.165, 1.54) is 6.42 Å².